The molecule has 0 bridgehead atoms. The van der Waals surface area contributed by atoms with Crippen LogP contribution in [-0.4, -0.2) is 135 Å². The number of carbonyl (C=O) groups is 4. The van der Waals surface area contributed by atoms with Gasteiger partial charge in [-0.25, -0.2) is 40.1 Å². The van der Waals surface area contributed by atoms with Gasteiger partial charge < -0.3 is 58.5 Å². The number of aromatic nitrogens is 8. The minimum atomic E-state index is -4.03. The number of nitrogens with one attached hydrogen (secondary N) is 2. The van der Waals surface area contributed by atoms with Crippen molar-refractivity contribution in [3.05, 3.63) is 25.3 Å². The Morgan fingerprint density at radius 3 is 1.56 bits per heavy atom. The lowest BCUT2D eigenvalue weighted by Gasteiger charge is -2.32. The van der Waals surface area contributed by atoms with E-state index < -0.39 is 86.4 Å². The summed E-state index contributed by atoms with van der Waals surface area (Å²) in [5, 5.41) is 22.9. The molecule has 4 rings (SSSR count). The van der Waals surface area contributed by atoms with Gasteiger partial charge in [0.1, 0.15) is 53.9 Å². The second-order valence-corrected chi connectivity index (χ2v) is 22.5. The third-order valence-corrected chi connectivity index (χ3v) is 13.4. The summed E-state index contributed by atoms with van der Waals surface area (Å²) in [6, 6.07) is 3.47. The van der Waals surface area contributed by atoms with Gasteiger partial charge in [0.2, 0.25) is 13.0 Å². The van der Waals surface area contributed by atoms with E-state index in [1.165, 1.54) is 46.7 Å². The number of rotatable bonds is 25. The van der Waals surface area contributed by atoms with Crippen molar-refractivity contribution < 1.29 is 61.6 Å². The zero-order valence-corrected chi connectivity index (χ0v) is 45.2. The van der Waals surface area contributed by atoms with E-state index >= 15 is 0 Å². The predicted octanol–water partition coefficient (Wildman–Crippen LogP) is 4.34. The van der Waals surface area contributed by atoms with E-state index in [1.54, 1.807) is 69.1 Å². The van der Waals surface area contributed by atoms with Crippen LogP contribution in [0.1, 0.15) is 102 Å². The van der Waals surface area contributed by atoms with E-state index in [1.807, 2.05) is 13.8 Å². The number of carbonyl (C=O) groups excluding carboxylic acids is 4. The molecule has 0 aliphatic heterocycles. The molecule has 0 aliphatic rings. The Labute approximate surface area is 424 Å². The highest BCUT2D eigenvalue weighted by atomic mass is 31.2. The molecule has 4 heterocycles. The smallest absolute Gasteiger partial charge is 0.332 e. The van der Waals surface area contributed by atoms with E-state index in [-0.39, 0.29) is 43.9 Å². The number of nitrogens with two attached hydrogens (primary N) is 2. The standard InChI is InChI=1S/C22H34N7O6P.C16H27N6O5P.C6H9NO2/c1-7-8-33-21(31)22(5,6)28-36(32,16(9-23)20(30)35-14(2)3)13-34-15(4)10-29-12-27-17-18(24)25-11-26-19(17)29;1-5-6-26-15(23)16(3,4)21-28(24,25)10-27-11(2)7-22-9-20-12-13(17)18-8-19-14(12)22;1-5(2)9-6(8)3-4-7/h11-12,14-16H,7-8,10,13H2,1-6H3,(H,28,32)(H2,24,25,26);8-9,11H,5-7,10H2,1-4H3,(H2,17,18,19)(H2,21,24,25);5H,3H2,1-2H3/t15-,16?,36?;11-;/m11./s1. The number of ether oxygens (including phenoxy) is 6. The van der Waals surface area contributed by atoms with Gasteiger partial charge in [0, 0.05) is 0 Å². The van der Waals surface area contributed by atoms with Crippen LogP contribution in [0, 0.1) is 22.7 Å². The highest BCUT2D eigenvalue weighted by molar-refractivity contribution is 7.63. The Bertz CT molecular complexity index is 2650. The zero-order chi connectivity index (χ0) is 55.3. The largest absolute Gasteiger partial charge is 0.464 e. The van der Waals surface area contributed by atoms with E-state index in [0.29, 0.717) is 41.7 Å². The van der Waals surface area contributed by atoms with E-state index in [2.05, 4.69) is 44.8 Å². The maximum absolute atomic E-state index is 14.1. The minimum absolute atomic E-state index is 0.120. The minimum Gasteiger partial charge on any atom is -0.464 e. The summed E-state index contributed by atoms with van der Waals surface area (Å²) >= 11 is 0. The number of fused-ring (bicyclic) bond motifs is 2. The van der Waals surface area contributed by atoms with E-state index in [0.717, 1.165) is 0 Å². The molecule has 0 fully saturated rings. The first-order valence-electron chi connectivity index (χ1n) is 23.1. The molecular weight excluding hydrogens is 995 g/mol. The van der Waals surface area contributed by atoms with Gasteiger partial charge in [-0.15, -0.1) is 0 Å². The first kappa shape index (κ1) is 62.9. The molecular formula is C44H70N14O13P2. The topological polar surface area (TPSA) is 389 Å². The molecule has 4 aromatic heterocycles. The average molecular weight is 1070 g/mol. The van der Waals surface area contributed by atoms with Crippen LogP contribution in [0.5, 0.6) is 0 Å². The summed E-state index contributed by atoms with van der Waals surface area (Å²) in [5.41, 5.74) is 9.05. The molecule has 404 valence electrons. The molecule has 3 unspecified atom stereocenters. The summed E-state index contributed by atoms with van der Waals surface area (Å²) in [5.74, 6) is -2.18. The number of anilines is 2. The molecule has 0 amide bonds. The van der Waals surface area contributed by atoms with Gasteiger partial charge in [0.15, 0.2) is 22.9 Å². The predicted molar refractivity (Wildman–Crippen MR) is 267 cm³/mol. The maximum Gasteiger partial charge on any atom is 0.332 e. The summed E-state index contributed by atoms with van der Waals surface area (Å²) in [6.45, 7) is 20.8. The first-order chi connectivity index (χ1) is 34.1. The Morgan fingerprint density at radius 1 is 0.712 bits per heavy atom. The normalized spacial score (nSPS) is 14.4. The molecule has 5 atom stereocenters. The van der Waals surface area contributed by atoms with Crippen LogP contribution in [-0.2, 0) is 69.8 Å². The van der Waals surface area contributed by atoms with Crippen molar-refractivity contribution in [2.75, 3.05) is 37.4 Å². The monoisotopic (exact) mass is 1060 g/mol. The van der Waals surface area contributed by atoms with Crippen LogP contribution in [0.25, 0.3) is 22.3 Å². The first-order valence-corrected chi connectivity index (χ1v) is 26.9. The maximum atomic E-state index is 14.1. The van der Waals surface area contributed by atoms with Crippen LogP contribution >= 0.6 is 14.8 Å². The Balaban J connectivity index is 0.000000436. The molecule has 0 saturated carbocycles. The molecule has 27 nitrogen and oxygen atoms in total. The van der Waals surface area contributed by atoms with Gasteiger partial charge in [0.05, 0.1) is 75.5 Å². The highest BCUT2D eigenvalue weighted by Crippen LogP contribution is 2.49. The zero-order valence-electron chi connectivity index (χ0n) is 43.4. The molecule has 0 radical (unpaired) electrons. The van der Waals surface area contributed by atoms with Gasteiger partial charge in [-0.2, -0.15) is 10.5 Å². The van der Waals surface area contributed by atoms with Crippen molar-refractivity contribution in [3.63, 3.8) is 0 Å². The molecule has 29 heteroatoms. The van der Waals surface area contributed by atoms with Crippen LogP contribution in [0.15, 0.2) is 25.3 Å². The molecule has 0 saturated heterocycles. The van der Waals surface area contributed by atoms with E-state index in [9.17, 15) is 38.5 Å². The van der Waals surface area contributed by atoms with Crippen LogP contribution in [0.4, 0.5) is 11.6 Å². The Kier molecular flexibility index (Phi) is 24.9. The fourth-order valence-electron chi connectivity index (χ4n) is 6.13. The number of nitriles is 2. The fraction of sp³-hybridized carbons (Fsp3) is 0.636. The highest BCUT2D eigenvalue weighted by Gasteiger charge is 2.47. The summed E-state index contributed by atoms with van der Waals surface area (Å²) in [4.78, 5) is 82.3. The van der Waals surface area contributed by atoms with Gasteiger partial charge in [-0.1, -0.05) is 13.8 Å². The molecule has 0 spiro atoms. The van der Waals surface area contributed by atoms with Crippen LogP contribution < -0.4 is 21.6 Å². The number of esters is 4. The third-order valence-electron chi connectivity index (χ3n) is 9.37. The van der Waals surface area contributed by atoms with Crippen molar-refractivity contribution in [2.24, 2.45) is 0 Å². The lowest BCUT2D eigenvalue weighted by molar-refractivity contribution is -0.150. The molecule has 7 N–H and O–H groups in total. The SMILES string of the molecule is CC(C)OC(=O)CC#N.CCCOC(=O)C(C)(C)NP(=O)(CO[C@H](C)Cn1cnc2c(N)ncnc21)C(C#N)C(=O)OC(C)C.CCCOC(=O)C(C)(C)NP(=O)(O)CO[C@H](C)Cn1cnc2c(N)ncnc21. The number of imidazole rings is 2. The van der Waals surface area contributed by atoms with E-state index in [4.69, 9.17) is 40.4 Å². The molecule has 0 aromatic carbocycles. The van der Waals surface area contributed by atoms with Gasteiger partial charge >= 0.3 is 23.9 Å². The lowest BCUT2D eigenvalue weighted by Crippen LogP contribution is -2.49. The molecule has 73 heavy (non-hydrogen) atoms. The molecule has 4 aromatic rings. The van der Waals surface area contributed by atoms with Gasteiger partial charge in [-0.05, 0) is 82.1 Å². The second-order valence-electron chi connectivity index (χ2n) is 18.0. The van der Waals surface area contributed by atoms with Crippen molar-refractivity contribution in [3.8, 4) is 12.1 Å². The number of nitrogen functional groups attached to an aromatic ring is 2. The van der Waals surface area contributed by atoms with Crippen LogP contribution in [0.3, 0.4) is 0 Å². The van der Waals surface area contributed by atoms with Gasteiger partial charge in [-0.3, -0.25) is 23.7 Å². The summed E-state index contributed by atoms with van der Waals surface area (Å²) in [6.07, 6.45) is 4.23. The van der Waals surface area contributed by atoms with Crippen molar-refractivity contribution in [2.45, 2.75) is 157 Å². The number of hydrogen-bond donors (Lipinski definition) is 5. The van der Waals surface area contributed by atoms with Gasteiger partial charge in [0.25, 0.3) is 7.52 Å². The van der Waals surface area contributed by atoms with Crippen molar-refractivity contribution in [1.82, 2.24) is 49.2 Å². The van der Waals surface area contributed by atoms with Crippen molar-refractivity contribution in [1.29, 1.82) is 10.5 Å². The van der Waals surface area contributed by atoms with Crippen LogP contribution in [0.2, 0.25) is 0 Å². The quantitative estimate of drug-likeness (QED) is 0.0350. The molecule has 0 aliphatic carbocycles. The Morgan fingerprint density at radius 2 is 1.15 bits per heavy atom. The third kappa shape index (κ3) is 20.3. The fourth-order valence-corrected chi connectivity index (χ4v) is 10.1. The number of hydrogen-bond acceptors (Lipinski definition) is 22. The lowest BCUT2D eigenvalue weighted by atomic mass is 10.1. The summed E-state index contributed by atoms with van der Waals surface area (Å²) < 4.78 is 61.3. The Hall–Kier alpha value is -6.18. The summed E-state index contributed by atoms with van der Waals surface area (Å²) in [7, 11) is -7.97. The average Bonchev–Trinajstić information content (AvgIpc) is 3.90. The van der Waals surface area contributed by atoms with Crippen molar-refractivity contribution >= 4 is 72.7 Å². The second kappa shape index (κ2) is 28.9. The number of nitrogens with zero attached hydrogens (tertiary/aromatic N) is 10.